The first-order valence-corrected chi connectivity index (χ1v) is 10.5. The van der Waals surface area contributed by atoms with E-state index >= 15 is 0 Å². The molecule has 134 valence electrons. The fourth-order valence-corrected chi connectivity index (χ4v) is 4.39. The predicted molar refractivity (Wildman–Crippen MR) is 111 cm³/mol. The van der Waals surface area contributed by atoms with E-state index in [2.05, 4.69) is 31.4 Å². The number of hydrogen-bond donors (Lipinski definition) is 1. The van der Waals surface area contributed by atoms with E-state index in [1.165, 1.54) is 11.8 Å². The van der Waals surface area contributed by atoms with E-state index in [0.29, 0.717) is 6.61 Å². The van der Waals surface area contributed by atoms with Crippen molar-refractivity contribution in [3.05, 3.63) is 52.5 Å². The Morgan fingerprint density at radius 3 is 3.04 bits per heavy atom. The molecule has 5 nitrogen and oxygen atoms in total. The highest BCUT2D eigenvalue weighted by atomic mass is 79.9. The van der Waals surface area contributed by atoms with Crippen LogP contribution in [0.5, 0.6) is 5.75 Å². The van der Waals surface area contributed by atoms with Crippen LogP contribution < -0.4 is 10.2 Å². The molecule has 0 spiro atoms. The van der Waals surface area contributed by atoms with Crippen LogP contribution in [0.4, 0.5) is 0 Å². The molecule has 1 heterocycles. The van der Waals surface area contributed by atoms with Gasteiger partial charge in [-0.05, 0) is 37.3 Å². The van der Waals surface area contributed by atoms with Crippen molar-refractivity contribution in [1.82, 2.24) is 10.4 Å². The lowest BCUT2D eigenvalue weighted by molar-refractivity contribution is -0.118. The molecular weight excluding hydrogens is 434 g/mol. The van der Waals surface area contributed by atoms with Crippen LogP contribution in [-0.4, -0.2) is 29.5 Å². The molecule has 0 aliphatic carbocycles. The summed E-state index contributed by atoms with van der Waals surface area (Å²) in [5.41, 5.74) is 4.29. The lowest BCUT2D eigenvalue weighted by Gasteiger charge is -2.07. The van der Waals surface area contributed by atoms with Crippen LogP contribution >= 0.6 is 39.0 Å². The fourth-order valence-electron chi connectivity index (χ4n) is 2.15. The number of fused-ring (bicyclic) bond motifs is 1. The minimum absolute atomic E-state index is 0.182. The zero-order valence-corrected chi connectivity index (χ0v) is 17.2. The highest BCUT2D eigenvalue weighted by Gasteiger charge is 2.07. The van der Waals surface area contributed by atoms with Gasteiger partial charge in [0, 0.05) is 10.0 Å². The van der Waals surface area contributed by atoms with Gasteiger partial charge in [-0.25, -0.2) is 10.4 Å². The molecule has 0 atom stereocenters. The van der Waals surface area contributed by atoms with Crippen molar-refractivity contribution in [2.45, 2.75) is 11.3 Å². The van der Waals surface area contributed by atoms with Crippen molar-refractivity contribution in [3.8, 4) is 5.75 Å². The van der Waals surface area contributed by atoms with Crippen molar-refractivity contribution in [3.63, 3.8) is 0 Å². The summed E-state index contributed by atoms with van der Waals surface area (Å²) >= 11 is 6.40. The number of amides is 1. The monoisotopic (exact) mass is 449 g/mol. The summed E-state index contributed by atoms with van der Waals surface area (Å²) in [6.45, 7) is 2.48. The normalized spacial score (nSPS) is 11.2. The maximum atomic E-state index is 12.0. The standard InChI is InChI=1S/C18H16BrN3O2S2/c1-2-24-15-8-7-13(19)9-12(15)10-20-22-17(23)11-25-18-21-14-5-3-4-6-16(14)26-18/h3-10H,2,11H2,1H3,(H,22,23)/b20-10+. The Labute approximate surface area is 168 Å². The van der Waals surface area contributed by atoms with E-state index in [0.717, 1.165) is 30.3 Å². The number of hydrazone groups is 1. The maximum absolute atomic E-state index is 12.0. The molecule has 1 N–H and O–H groups in total. The third-order valence-corrected chi connectivity index (χ3v) is 5.94. The molecule has 3 rings (SSSR count). The van der Waals surface area contributed by atoms with Gasteiger partial charge in [0.15, 0.2) is 4.34 Å². The Kier molecular flexibility index (Phi) is 6.65. The van der Waals surface area contributed by atoms with Gasteiger partial charge in [-0.1, -0.05) is 39.8 Å². The SMILES string of the molecule is CCOc1ccc(Br)cc1/C=N/NC(=O)CSc1nc2ccccc2s1. The van der Waals surface area contributed by atoms with Crippen LogP contribution in [0.3, 0.4) is 0 Å². The third-order valence-electron chi connectivity index (χ3n) is 3.27. The van der Waals surface area contributed by atoms with Crippen LogP contribution in [0.25, 0.3) is 10.2 Å². The molecule has 0 unspecified atom stereocenters. The minimum Gasteiger partial charge on any atom is -0.493 e. The number of para-hydroxylation sites is 1. The van der Waals surface area contributed by atoms with Gasteiger partial charge in [0.05, 0.1) is 28.8 Å². The Morgan fingerprint density at radius 1 is 1.38 bits per heavy atom. The van der Waals surface area contributed by atoms with Gasteiger partial charge in [-0.2, -0.15) is 5.10 Å². The number of rotatable bonds is 7. The molecule has 1 amide bonds. The zero-order valence-electron chi connectivity index (χ0n) is 13.9. The Balaban J connectivity index is 1.55. The second kappa shape index (κ2) is 9.16. The smallest absolute Gasteiger partial charge is 0.250 e. The molecule has 1 aromatic heterocycles. The molecule has 0 aliphatic rings. The molecule has 0 saturated heterocycles. The topological polar surface area (TPSA) is 63.6 Å². The van der Waals surface area contributed by atoms with Crippen LogP contribution in [0.2, 0.25) is 0 Å². The molecule has 0 aliphatic heterocycles. The average molecular weight is 450 g/mol. The van der Waals surface area contributed by atoms with Gasteiger partial charge >= 0.3 is 0 Å². The summed E-state index contributed by atoms with van der Waals surface area (Å²) in [6.07, 6.45) is 1.58. The average Bonchev–Trinajstić information content (AvgIpc) is 3.05. The number of nitrogens with one attached hydrogen (secondary N) is 1. The summed E-state index contributed by atoms with van der Waals surface area (Å²) in [7, 11) is 0. The highest BCUT2D eigenvalue weighted by Crippen LogP contribution is 2.29. The van der Waals surface area contributed by atoms with E-state index in [1.54, 1.807) is 17.6 Å². The van der Waals surface area contributed by atoms with Crippen LogP contribution in [0.15, 0.2) is 56.4 Å². The number of carbonyl (C=O) groups is 1. The number of benzene rings is 2. The second-order valence-corrected chi connectivity index (χ2v) is 8.31. The van der Waals surface area contributed by atoms with Gasteiger partial charge in [0.2, 0.25) is 0 Å². The Bertz CT molecular complexity index is 910. The minimum atomic E-state index is -0.182. The van der Waals surface area contributed by atoms with E-state index in [-0.39, 0.29) is 11.7 Å². The van der Waals surface area contributed by atoms with Crippen molar-refractivity contribution in [2.24, 2.45) is 5.10 Å². The van der Waals surface area contributed by atoms with Crippen LogP contribution in [-0.2, 0) is 4.79 Å². The van der Waals surface area contributed by atoms with Crippen molar-refractivity contribution in [2.75, 3.05) is 12.4 Å². The van der Waals surface area contributed by atoms with Crippen molar-refractivity contribution in [1.29, 1.82) is 0 Å². The van der Waals surface area contributed by atoms with E-state index in [9.17, 15) is 4.79 Å². The summed E-state index contributed by atoms with van der Waals surface area (Å²) in [5, 5.41) is 4.02. The summed E-state index contributed by atoms with van der Waals surface area (Å²) in [4.78, 5) is 16.5. The number of thiazole rings is 1. The van der Waals surface area contributed by atoms with Crippen LogP contribution in [0, 0.1) is 0 Å². The molecule has 0 fully saturated rings. The number of carbonyl (C=O) groups excluding carboxylic acids is 1. The Morgan fingerprint density at radius 2 is 2.23 bits per heavy atom. The number of aromatic nitrogens is 1. The van der Waals surface area contributed by atoms with Crippen LogP contribution in [0.1, 0.15) is 12.5 Å². The van der Waals surface area contributed by atoms with E-state index in [1.807, 2.05) is 49.4 Å². The molecule has 0 bridgehead atoms. The van der Waals surface area contributed by atoms with E-state index in [4.69, 9.17) is 4.74 Å². The molecule has 3 aromatic rings. The molecule has 8 heteroatoms. The number of thioether (sulfide) groups is 1. The van der Waals surface area contributed by atoms with Gasteiger partial charge in [0.25, 0.3) is 5.91 Å². The second-order valence-electron chi connectivity index (χ2n) is 5.14. The zero-order chi connectivity index (χ0) is 18.4. The molecular formula is C18H16BrN3O2S2. The first kappa shape index (κ1) is 18.9. The highest BCUT2D eigenvalue weighted by molar-refractivity contribution is 9.10. The van der Waals surface area contributed by atoms with Crippen molar-refractivity contribution >= 4 is 61.4 Å². The fraction of sp³-hybridized carbons (Fsp3) is 0.167. The summed E-state index contributed by atoms with van der Waals surface area (Å²) in [6, 6.07) is 13.6. The van der Waals surface area contributed by atoms with Gasteiger partial charge in [-0.3, -0.25) is 4.79 Å². The number of halogens is 1. The molecule has 26 heavy (non-hydrogen) atoms. The number of hydrogen-bond acceptors (Lipinski definition) is 6. The molecule has 0 radical (unpaired) electrons. The van der Waals surface area contributed by atoms with Gasteiger partial charge < -0.3 is 4.74 Å². The summed E-state index contributed by atoms with van der Waals surface area (Å²) < 4.78 is 8.45. The first-order valence-electron chi connectivity index (χ1n) is 7.88. The molecule has 2 aromatic carbocycles. The Hall–Kier alpha value is -1.90. The molecule has 0 saturated carbocycles. The van der Waals surface area contributed by atoms with Crippen molar-refractivity contribution < 1.29 is 9.53 Å². The van der Waals surface area contributed by atoms with Gasteiger partial charge in [-0.15, -0.1) is 11.3 Å². The summed E-state index contributed by atoms with van der Waals surface area (Å²) in [5.74, 6) is 0.796. The number of nitrogens with zero attached hydrogens (tertiary/aromatic N) is 2. The lowest BCUT2D eigenvalue weighted by atomic mass is 10.2. The lowest BCUT2D eigenvalue weighted by Crippen LogP contribution is -2.19. The third kappa shape index (κ3) is 5.06. The maximum Gasteiger partial charge on any atom is 0.250 e. The quantitative estimate of drug-likeness (QED) is 0.322. The largest absolute Gasteiger partial charge is 0.493 e. The van der Waals surface area contributed by atoms with E-state index < -0.39 is 0 Å². The van der Waals surface area contributed by atoms with Gasteiger partial charge in [0.1, 0.15) is 5.75 Å². The number of ether oxygens (including phenoxy) is 1. The predicted octanol–water partition coefficient (Wildman–Crippen LogP) is 4.70. The first-order chi connectivity index (χ1) is 12.7.